The van der Waals surface area contributed by atoms with Crippen molar-refractivity contribution in [2.75, 3.05) is 13.1 Å². The first-order chi connectivity index (χ1) is 4.79. The summed E-state index contributed by atoms with van der Waals surface area (Å²) in [6, 6.07) is 0. The Hall–Kier alpha value is -0.610. The lowest BCUT2D eigenvalue weighted by atomic mass is 10.4. The number of nitrogens with two attached hydrogens (primary N) is 1. The smallest absolute Gasteiger partial charge is 0.232 e. The van der Waals surface area contributed by atoms with Gasteiger partial charge in [-0.2, -0.15) is 0 Å². The predicted molar refractivity (Wildman–Crippen MR) is 37.9 cm³/mol. The van der Waals surface area contributed by atoms with Crippen LogP contribution in [0.25, 0.3) is 0 Å². The van der Waals surface area contributed by atoms with Crippen molar-refractivity contribution in [3.05, 3.63) is 0 Å². The van der Waals surface area contributed by atoms with Gasteiger partial charge in [-0.1, -0.05) is 0 Å². The van der Waals surface area contributed by atoms with Gasteiger partial charge in [-0.25, -0.2) is 5.43 Å². The summed E-state index contributed by atoms with van der Waals surface area (Å²) in [5, 5.41) is 0. The number of hydrazine groups is 1. The molecule has 0 aromatic heterocycles. The van der Waals surface area contributed by atoms with Gasteiger partial charge in [0.15, 0.2) is 0 Å². The number of amides is 1. The van der Waals surface area contributed by atoms with E-state index in [0.29, 0.717) is 0 Å². The van der Waals surface area contributed by atoms with E-state index in [1.165, 1.54) is 12.8 Å². The highest BCUT2D eigenvalue weighted by Crippen LogP contribution is 2.27. The molecule has 0 unspecified atom stereocenters. The lowest BCUT2D eigenvalue weighted by molar-refractivity contribution is -0.117. The van der Waals surface area contributed by atoms with Crippen LogP contribution in [0.2, 0.25) is 0 Å². The predicted octanol–water partition coefficient (Wildman–Crippen LogP) is -1.02. The summed E-state index contributed by atoms with van der Waals surface area (Å²) in [5.41, 5.74) is 10.5. The van der Waals surface area contributed by atoms with E-state index in [9.17, 15) is 4.79 Å². The number of nitrogens with one attached hydrogen (secondary N) is 2. The topological polar surface area (TPSA) is 67.2 Å². The highest BCUT2D eigenvalue weighted by molar-refractivity contribution is 5.75. The van der Waals surface area contributed by atoms with Crippen LogP contribution in [0.5, 0.6) is 0 Å². The molecule has 1 amide bonds. The summed E-state index contributed by atoms with van der Waals surface area (Å²) in [7, 11) is 0. The van der Waals surface area contributed by atoms with Crippen LogP contribution in [-0.4, -0.2) is 19.0 Å². The van der Waals surface area contributed by atoms with Gasteiger partial charge in [-0.05, 0) is 18.8 Å². The normalized spacial score (nSPS) is 17.2. The fraction of sp³-hybridized carbons (Fsp3) is 0.833. The summed E-state index contributed by atoms with van der Waals surface area (Å²) >= 11 is 0. The van der Waals surface area contributed by atoms with E-state index in [2.05, 4.69) is 10.9 Å². The van der Waals surface area contributed by atoms with E-state index in [1.54, 1.807) is 0 Å². The van der Waals surface area contributed by atoms with Gasteiger partial charge in [0, 0.05) is 6.54 Å². The molecule has 58 valence electrons. The maximum Gasteiger partial charge on any atom is 0.232 e. The lowest BCUT2D eigenvalue weighted by Gasteiger charge is -2.01. The van der Waals surface area contributed by atoms with Crippen LogP contribution in [-0.2, 0) is 4.79 Å². The van der Waals surface area contributed by atoms with E-state index < -0.39 is 0 Å². The minimum atomic E-state index is -0.330. The number of hydrogen-bond donors (Lipinski definition) is 3. The molecule has 0 aliphatic heterocycles. The highest BCUT2D eigenvalue weighted by atomic mass is 16.1. The molecule has 4 N–H and O–H groups in total. The fourth-order valence-electron chi connectivity index (χ4n) is 0.688. The summed E-state index contributed by atoms with van der Waals surface area (Å²) < 4.78 is 0. The Balaban J connectivity index is 1.80. The van der Waals surface area contributed by atoms with Crippen LogP contribution in [0.1, 0.15) is 12.8 Å². The molecule has 10 heavy (non-hydrogen) atoms. The van der Waals surface area contributed by atoms with Gasteiger partial charge in [-0.3, -0.25) is 10.2 Å². The van der Waals surface area contributed by atoms with Gasteiger partial charge in [0.25, 0.3) is 0 Å². The van der Waals surface area contributed by atoms with E-state index in [1.807, 2.05) is 0 Å². The first-order valence-corrected chi connectivity index (χ1v) is 3.53. The SMILES string of the molecule is NC(=O)CNNCC1CC1. The molecule has 1 aliphatic carbocycles. The summed E-state index contributed by atoms with van der Waals surface area (Å²) in [6.45, 7) is 1.17. The van der Waals surface area contributed by atoms with E-state index in [4.69, 9.17) is 5.73 Å². The molecule has 0 atom stereocenters. The van der Waals surface area contributed by atoms with Gasteiger partial charge in [0.05, 0.1) is 6.54 Å². The van der Waals surface area contributed by atoms with Crippen molar-refractivity contribution < 1.29 is 4.79 Å². The van der Waals surface area contributed by atoms with Gasteiger partial charge in [-0.15, -0.1) is 0 Å². The lowest BCUT2D eigenvalue weighted by Crippen LogP contribution is -2.39. The summed E-state index contributed by atoms with van der Waals surface area (Å²) in [6.07, 6.45) is 2.62. The zero-order valence-corrected chi connectivity index (χ0v) is 5.89. The third kappa shape index (κ3) is 3.42. The number of rotatable bonds is 5. The number of carbonyl (C=O) groups excluding carboxylic acids is 1. The van der Waals surface area contributed by atoms with Crippen molar-refractivity contribution in [3.63, 3.8) is 0 Å². The molecule has 1 saturated carbocycles. The molecule has 4 nitrogen and oxygen atoms in total. The van der Waals surface area contributed by atoms with Gasteiger partial charge in [0.1, 0.15) is 0 Å². The standard InChI is InChI=1S/C6H13N3O/c7-6(10)4-9-8-3-5-1-2-5/h5,8-9H,1-4H2,(H2,7,10). The molecule has 0 bridgehead atoms. The average Bonchev–Trinajstić information content (AvgIpc) is 2.62. The van der Waals surface area contributed by atoms with Crippen LogP contribution < -0.4 is 16.6 Å². The number of primary amides is 1. The molecule has 1 fully saturated rings. The Labute approximate surface area is 60.1 Å². The molecule has 1 aliphatic rings. The maximum absolute atomic E-state index is 10.2. The van der Waals surface area contributed by atoms with Crippen molar-refractivity contribution >= 4 is 5.91 Å². The molecule has 0 aromatic rings. The monoisotopic (exact) mass is 143 g/mol. The second kappa shape index (κ2) is 3.53. The second-order valence-corrected chi connectivity index (χ2v) is 2.64. The number of hydrogen-bond acceptors (Lipinski definition) is 3. The first-order valence-electron chi connectivity index (χ1n) is 3.53. The molecule has 1 rings (SSSR count). The molecular formula is C6H13N3O. The number of carbonyl (C=O) groups is 1. The van der Waals surface area contributed by atoms with Crippen molar-refractivity contribution in [2.45, 2.75) is 12.8 Å². The Morgan fingerprint density at radius 1 is 1.50 bits per heavy atom. The van der Waals surface area contributed by atoms with Gasteiger partial charge in [0.2, 0.25) is 5.91 Å². The molecule has 0 heterocycles. The minimum absolute atomic E-state index is 0.215. The third-order valence-electron chi connectivity index (χ3n) is 1.48. The van der Waals surface area contributed by atoms with Crippen LogP contribution in [0.3, 0.4) is 0 Å². The van der Waals surface area contributed by atoms with Crippen molar-refractivity contribution in [2.24, 2.45) is 11.7 Å². The van der Waals surface area contributed by atoms with E-state index >= 15 is 0 Å². The van der Waals surface area contributed by atoms with Gasteiger partial charge < -0.3 is 5.73 Å². The Bertz CT molecular complexity index is 122. The van der Waals surface area contributed by atoms with E-state index in [-0.39, 0.29) is 12.5 Å². The van der Waals surface area contributed by atoms with Crippen LogP contribution in [0, 0.1) is 5.92 Å². The Morgan fingerprint density at radius 3 is 2.70 bits per heavy atom. The maximum atomic E-state index is 10.2. The molecular weight excluding hydrogens is 130 g/mol. The average molecular weight is 143 g/mol. The minimum Gasteiger partial charge on any atom is -0.369 e. The molecule has 4 heteroatoms. The molecule has 0 spiro atoms. The van der Waals surface area contributed by atoms with Crippen LogP contribution >= 0.6 is 0 Å². The largest absolute Gasteiger partial charge is 0.369 e. The molecule has 0 saturated heterocycles. The quantitative estimate of drug-likeness (QED) is 0.341. The summed E-state index contributed by atoms with van der Waals surface area (Å²) in [4.78, 5) is 10.2. The van der Waals surface area contributed by atoms with E-state index in [0.717, 1.165) is 12.5 Å². The third-order valence-corrected chi connectivity index (χ3v) is 1.48. The van der Waals surface area contributed by atoms with Crippen molar-refractivity contribution in [1.29, 1.82) is 0 Å². The summed E-state index contributed by atoms with van der Waals surface area (Å²) in [5.74, 6) is 0.490. The highest BCUT2D eigenvalue weighted by Gasteiger charge is 2.19. The molecule has 0 radical (unpaired) electrons. The van der Waals surface area contributed by atoms with Crippen LogP contribution in [0.15, 0.2) is 0 Å². The first kappa shape index (κ1) is 7.50. The Morgan fingerprint density at radius 2 is 2.20 bits per heavy atom. The van der Waals surface area contributed by atoms with Crippen molar-refractivity contribution in [3.8, 4) is 0 Å². The Kier molecular flexibility index (Phi) is 2.65. The second-order valence-electron chi connectivity index (χ2n) is 2.64. The van der Waals surface area contributed by atoms with Gasteiger partial charge >= 0.3 is 0 Å². The molecule has 0 aromatic carbocycles. The van der Waals surface area contributed by atoms with Crippen molar-refractivity contribution in [1.82, 2.24) is 10.9 Å². The zero-order chi connectivity index (χ0) is 7.40. The zero-order valence-electron chi connectivity index (χ0n) is 5.89. The fourth-order valence-corrected chi connectivity index (χ4v) is 0.688. The van der Waals surface area contributed by atoms with Crippen LogP contribution in [0.4, 0.5) is 0 Å².